The summed E-state index contributed by atoms with van der Waals surface area (Å²) < 4.78 is 12.6. The second-order valence-electron chi connectivity index (χ2n) is 3.29. The lowest BCUT2D eigenvalue weighted by Crippen LogP contribution is -1.91. The minimum Gasteiger partial charge on any atom is -0.303 e. The van der Waals surface area contributed by atoms with Gasteiger partial charge in [-0.2, -0.15) is 0 Å². The lowest BCUT2D eigenvalue weighted by atomic mass is 10.1. The molecule has 0 radical (unpaired) electrons. The van der Waals surface area contributed by atoms with Crippen LogP contribution in [0.5, 0.6) is 0 Å². The van der Waals surface area contributed by atoms with Gasteiger partial charge in [0.05, 0.1) is 12.4 Å². The second kappa shape index (κ2) is 4.61. The molecule has 0 fully saturated rings. The van der Waals surface area contributed by atoms with Crippen LogP contribution < -0.4 is 0 Å². The zero-order valence-corrected chi connectivity index (χ0v) is 8.43. The van der Waals surface area contributed by atoms with Crippen LogP contribution in [0.25, 0.3) is 11.4 Å². The summed E-state index contributed by atoms with van der Waals surface area (Å²) in [6.45, 7) is 0. The van der Waals surface area contributed by atoms with Crippen LogP contribution in [0.3, 0.4) is 0 Å². The number of hydrogen-bond acceptors (Lipinski definition) is 3. The van der Waals surface area contributed by atoms with E-state index < -0.39 is 5.82 Å². The third-order valence-corrected chi connectivity index (χ3v) is 2.15. The minimum atomic E-state index is -0.457. The van der Waals surface area contributed by atoms with Gasteiger partial charge in [-0.1, -0.05) is 24.3 Å². The third-order valence-electron chi connectivity index (χ3n) is 2.15. The number of benzene rings is 1. The molecule has 1 aromatic heterocycles. The van der Waals surface area contributed by atoms with Crippen LogP contribution in [0.2, 0.25) is 0 Å². The summed E-state index contributed by atoms with van der Waals surface area (Å²) in [5, 5.41) is 0. The number of aldehydes is 1. The Hall–Kier alpha value is -2.10. The maximum absolute atomic E-state index is 12.6. The van der Waals surface area contributed by atoms with Gasteiger partial charge in [-0.15, -0.1) is 0 Å². The molecule has 2 rings (SSSR count). The Morgan fingerprint density at radius 2 is 1.75 bits per heavy atom. The van der Waals surface area contributed by atoms with Crippen molar-refractivity contribution in [3.05, 3.63) is 48.0 Å². The summed E-state index contributed by atoms with van der Waals surface area (Å²) >= 11 is 0. The van der Waals surface area contributed by atoms with Gasteiger partial charge in [-0.25, -0.2) is 14.4 Å². The van der Waals surface area contributed by atoms with Crippen molar-refractivity contribution in [1.29, 1.82) is 0 Å². The van der Waals surface area contributed by atoms with Crippen molar-refractivity contribution < 1.29 is 9.18 Å². The van der Waals surface area contributed by atoms with E-state index in [0.29, 0.717) is 12.2 Å². The average molecular weight is 216 g/mol. The second-order valence-corrected chi connectivity index (χ2v) is 3.29. The lowest BCUT2D eigenvalue weighted by Gasteiger charge is -2.00. The van der Waals surface area contributed by atoms with Gasteiger partial charge in [-0.05, 0) is 5.56 Å². The highest BCUT2D eigenvalue weighted by atomic mass is 19.1. The molecule has 0 unspecified atom stereocenters. The first kappa shape index (κ1) is 10.4. The monoisotopic (exact) mass is 216 g/mol. The fraction of sp³-hybridized carbons (Fsp3) is 0.0833. The number of nitrogens with zero attached hydrogens (tertiary/aromatic N) is 2. The van der Waals surface area contributed by atoms with E-state index in [9.17, 15) is 9.18 Å². The summed E-state index contributed by atoms with van der Waals surface area (Å²) in [7, 11) is 0. The van der Waals surface area contributed by atoms with Crippen LogP contribution >= 0.6 is 0 Å². The Morgan fingerprint density at radius 3 is 2.31 bits per heavy atom. The molecule has 2 aromatic rings. The van der Waals surface area contributed by atoms with Gasteiger partial charge < -0.3 is 4.79 Å². The zero-order chi connectivity index (χ0) is 11.4. The molecule has 0 atom stereocenters. The van der Waals surface area contributed by atoms with Gasteiger partial charge in [0.1, 0.15) is 6.29 Å². The fourth-order valence-corrected chi connectivity index (χ4v) is 1.35. The first-order valence-corrected chi connectivity index (χ1v) is 4.80. The molecule has 16 heavy (non-hydrogen) atoms. The Balaban J connectivity index is 2.27. The predicted octanol–water partition coefficient (Wildman–Crippen LogP) is 2.02. The molecule has 0 aliphatic rings. The van der Waals surface area contributed by atoms with Crippen molar-refractivity contribution in [1.82, 2.24) is 9.97 Å². The van der Waals surface area contributed by atoms with E-state index in [1.807, 2.05) is 24.3 Å². The number of carbonyl (C=O) groups excluding carboxylic acids is 1. The molecule has 0 bridgehead atoms. The smallest absolute Gasteiger partial charge is 0.159 e. The molecular formula is C12H9FN2O. The highest BCUT2D eigenvalue weighted by Crippen LogP contribution is 2.15. The van der Waals surface area contributed by atoms with E-state index in [4.69, 9.17) is 0 Å². The fourth-order valence-electron chi connectivity index (χ4n) is 1.35. The van der Waals surface area contributed by atoms with Crippen molar-refractivity contribution in [2.75, 3.05) is 0 Å². The van der Waals surface area contributed by atoms with Gasteiger partial charge in [0.2, 0.25) is 0 Å². The Bertz CT molecular complexity index is 479. The average Bonchev–Trinajstić information content (AvgIpc) is 2.32. The quantitative estimate of drug-likeness (QED) is 0.737. The van der Waals surface area contributed by atoms with Gasteiger partial charge >= 0.3 is 0 Å². The molecular weight excluding hydrogens is 207 g/mol. The number of rotatable bonds is 3. The van der Waals surface area contributed by atoms with E-state index in [0.717, 1.165) is 29.8 Å². The topological polar surface area (TPSA) is 42.9 Å². The molecule has 0 amide bonds. The number of halogens is 1. The first-order valence-electron chi connectivity index (χ1n) is 4.80. The zero-order valence-electron chi connectivity index (χ0n) is 8.43. The molecule has 0 saturated carbocycles. The number of carbonyl (C=O) groups is 1. The summed E-state index contributed by atoms with van der Waals surface area (Å²) in [4.78, 5) is 18.0. The summed E-state index contributed by atoms with van der Waals surface area (Å²) in [6.07, 6.45) is 3.50. The SMILES string of the molecule is O=CCc1ccc(-c2ncc(F)cn2)cc1. The van der Waals surface area contributed by atoms with Crippen LogP contribution in [-0.4, -0.2) is 16.3 Å². The van der Waals surface area contributed by atoms with Crippen molar-refractivity contribution in [2.24, 2.45) is 0 Å². The number of hydrogen-bond donors (Lipinski definition) is 0. The largest absolute Gasteiger partial charge is 0.303 e. The van der Waals surface area contributed by atoms with E-state index in [-0.39, 0.29) is 0 Å². The molecule has 80 valence electrons. The molecule has 3 nitrogen and oxygen atoms in total. The predicted molar refractivity (Wildman–Crippen MR) is 57.2 cm³/mol. The van der Waals surface area contributed by atoms with Crippen LogP contribution in [-0.2, 0) is 11.2 Å². The Kier molecular flexibility index (Phi) is 3.00. The van der Waals surface area contributed by atoms with Crippen molar-refractivity contribution >= 4 is 6.29 Å². The summed E-state index contributed by atoms with van der Waals surface area (Å²) in [5.41, 5.74) is 1.73. The van der Waals surface area contributed by atoms with Gasteiger partial charge in [0.25, 0.3) is 0 Å². The van der Waals surface area contributed by atoms with Crippen LogP contribution in [0, 0.1) is 5.82 Å². The van der Waals surface area contributed by atoms with Gasteiger partial charge in [-0.3, -0.25) is 0 Å². The Labute approximate surface area is 92.0 Å². The molecule has 1 heterocycles. The van der Waals surface area contributed by atoms with E-state index in [2.05, 4.69) is 9.97 Å². The molecule has 4 heteroatoms. The van der Waals surface area contributed by atoms with E-state index >= 15 is 0 Å². The molecule has 0 aliphatic carbocycles. The van der Waals surface area contributed by atoms with Crippen LogP contribution in [0.15, 0.2) is 36.7 Å². The van der Waals surface area contributed by atoms with Crippen LogP contribution in [0.4, 0.5) is 4.39 Å². The highest BCUT2D eigenvalue weighted by Gasteiger charge is 2.01. The van der Waals surface area contributed by atoms with Crippen molar-refractivity contribution in [3.63, 3.8) is 0 Å². The molecule has 0 N–H and O–H groups in total. The van der Waals surface area contributed by atoms with Gasteiger partial charge in [0.15, 0.2) is 11.6 Å². The van der Waals surface area contributed by atoms with Crippen LogP contribution in [0.1, 0.15) is 5.56 Å². The first-order chi connectivity index (χ1) is 7.79. The highest BCUT2D eigenvalue weighted by molar-refractivity contribution is 5.59. The third kappa shape index (κ3) is 2.28. The summed E-state index contributed by atoms with van der Waals surface area (Å²) in [5.74, 6) is 0.0142. The molecule has 0 spiro atoms. The minimum absolute atomic E-state index is 0.393. The Morgan fingerprint density at radius 1 is 1.12 bits per heavy atom. The maximum atomic E-state index is 12.6. The van der Waals surface area contributed by atoms with E-state index in [1.165, 1.54) is 0 Å². The standard InChI is InChI=1S/C12H9FN2O/c13-11-7-14-12(15-8-11)10-3-1-9(2-4-10)5-6-16/h1-4,6-8H,5H2. The molecule has 0 saturated heterocycles. The maximum Gasteiger partial charge on any atom is 0.159 e. The number of aromatic nitrogens is 2. The molecule has 0 aliphatic heterocycles. The summed E-state index contributed by atoms with van der Waals surface area (Å²) in [6, 6.07) is 7.28. The van der Waals surface area contributed by atoms with Crippen molar-refractivity contribution in [2.45, 2.75) is 6.42 Å². The normalized spacial score (nSPS) is 10.1. The molecule has 1 aromatic carbocycles. The van der Waals surface area contributed by atoms with E-state index in [1.54, 1.807) is 0 Å². The lowest BCUT2D eigenvalue weighted by molar-refractivity contribution is -0.107. The van der Waals surface area contributed by atoms with Gasteiger partial charge in [0, 0.05) is 12.0 Å². The van der Waals surface area contributed by atoms with Crippen molar-refractivity contribution in [3.8, 4) is 11.4 Å².